The van der Waals surface area contributed by atoms with Crippen molar-refractivity contribution in [2.45, 2.75) is 19.8 Å². The summed E-state index contributed by atoms with van der Waals surface area (Å²) in [5, 5.41) is 16.4. The smallest absolute Gasteiger partial charge is 0.277 e. The molecule has 0 aliphatic heterocycles. The molecule has 2 heterocycles. The number of amides is 3. The molecule has 29 heavy (non-hydrogen) atoms. The highest BCUT2D eigenvalue weighted by Crippen LogP contribution is 2.13. The Balaban J connectivity index is 2.03. The first-order valence-corrected chi connectivity index (χ1v) is 9.33. The van der Waals surface area contributed by atoms with E-state index in [1.165, 1.54) is 21.5 Å². The van der Waals surface area contributed by atoms with E-state index < -0.39 is 5.91 Å². The molecule has 3 amide bonds. The molecule has 0 aromatic carbocycles. The normalized spacial score (nSPS) is 10.8. The molecule has 0 fully saturated rings. The van der Waals surface area contributed by atoms with Gasteiger partial charge in [0, 0.05) is 45.7 Å². The van der Waals surface area contributed by atoms with E-state index in [1.807, 2.05) is 25.9 Å². The average molecular weight is 404 g/mol. The molecule has 0 spiro atoms. The summed E-state index contributed by atoms with van der Waals surface area (Å²) in [7, 11) is 7.03. The Morgan fingerprint density at radius 1 is 1.03 bits per heavy atom. The third-order valence-electron chi connectivity index (χ3n) is 4.06. The Morgan fingerprint density at radius 2 is 1.76 bits per heavy atom. The lowest BCUT2D eigenvalue weighted by Crippen LogP contribution is -2.26. The van der Waals surface area contributed by atoms with E-state index >= 15 is 0 Å². The van der Waals surface area contributed by atoms with Crippen molar-refractivity contribution in [1.82, 2.24) is 29.8 Å². The van der Waals surface area contributed by atoms with Gasteiger partial charge in [0.2, 0.25) is 5.91 Å². The topological polar surface area (TPSA) is 126 Å². The number of anilines is 2. The molecular weight excluding hydrogens is 376 g/mol. The number of aryl methyl sites for hydroxylation is 2. The monoisotopic (exact) mass is 404 g/mol. The van der Waals surface area contributed by atoms with E-state index in [1.54, 1.807) is 14.1 Å². The molecule has 0 saturated carbocycles. The molecule has 2 aromatic heterocycles. The van der Waals surface area contributed by atoms with Gasteiger partial charge in [0.1, 0.15) is 11.5 Å². The van der Waals surface area contributed by atoms with Gasteiger partial charge in [-0.1, -0.05) is 6.92 Å². The quantitative estimate of drug-likeness (QED) is 0.557. The zero-order chi connectivity index (χ0) is 21.6. The van der Waals surface area contributed by atoms with Gasteiger partial charge in [0.15, 0.2) is 11.5 Å². The summed E-state index contributed by atoms with van der Waals surface area (Å²) in [6, 6.07) is 2.98. The van der Waals surface area contributed by atoms with Gasteiger partial charge in [0.25, 0.3) is 11.8 Å². The molecule has 0 atom stereocenters. The second kappa shape index (κ2) is 9.82. The predicted octanol–water partition coefficient (Wildman–Crippen LogP) is 0.436. The van der Waals surface area contributed by atoms with E-state index in [-0.39, 0.29) is 23.3 Å². The van der Waals surface area contributed by atoms with Gasteiger partial charge in [-0.15, -0.1) is 0 Å². The van der Waals surface area contributed by atoms with Gasteiger partial charge in [-0.25, -0.2) is 0 Å². The number of carbonyl (C=O) groups excluding carboxylic acids is 3. The van der Waals surface area contributed by atoms with Gasteiger partial charge >= 0.3 is 0 Å². The van der Waals surface area contributed by atoms with Crippen LogP contribution in [0.3, 0.4) is 0 Å². The largest absolute Gasteiger partial charge is 0.351 e. The minimum Gasteiger partial charge on any atom is -0.351 e. The molecule has 0 radical (unpaired) electrons. The fraction of sp³-hybridized carbons (Fsp3) is 0.500. The highest BCUT2D eigenvalue weighted by atomic mass is 16.2. The van der Waals surface area contributed by atoms with Crippen LogP contribution in [0.2, 0.25) is 0 Å². The summed E-state index contributed by atoms with van der Waals surface area (Å²) < 4.78 is 2.82. The average Bonchev–Trinajstić information content (AvgIpc) is 3.20. The fourth-order valence-corrected chi connectivity index (χ4v) is 2.48. The van der Waals surface area contributed by atoms with Crippen LogP contribution in [0.5, 0.6) is 0 Å². The number of carbonyl (C=O) groups is 3. The Kier molecular flexibility index (Phi) is 7.48. The van der Waals surface area contributed by atoms with Crippen molar-refractivity contribution in [2.75, 3.05) is 37.8 Å². The number of nitrogens with zero attached hydrogens (tertiary/aromatic N) is 5. The van der Waals surface area contributed by atoms with Crippen LogP contribution in [0.1, 0.15) is 40.7 Å². The molecule has 0 aliphatic rings. The zero-order valence-corrected chi connectivity index (χ0v) is 17.4. The minimum absolute atomic E-state index is 0.123. The molecular formula is C18H28N8O3. The number of aromatic nitrogens is 4. The van der Waals surface area contributed by atoms with Gasteiger partial charge in [-0.05, 0) is 20.5 Å². The molecule has 0 saturated heterocycles. The summed E-state index contributed by atoms with van der Waals surface area (Å²) in [5.74, 6) is -0.266. The van der Waals surface area contributed by atoms with Gasteiger partial charge in [-0.2, -0.15) is 10.2 Å². The van der Waals surface area contributed by atoms with Crippen molar-refractivity contribution in [3.05, 3.63) is 23.5 Å². The minimum atomic E-state index is -0.493. The Labute approximate surface area is 169 Å². The maximum Gasteiger partial charge on any atom is 0.277 e. The first-order valence-electron chi connectivity index (χ1n) is 9.33. The highest BCUT2D eigenvalue weighted by molar-refractivity contribution is 6.04. The number of rotatable bonds is 9. The second-order valence-corrected chi connectivity index (χ2v) is 6.89. The van der Waals surface area contributed by atoms with Crippen LogP contribution in [-0.4, -0.2) is 69.4 Å². The first kappa shape index (κ1) is 22.1. The van der Waals surface area contributed by atoms with Crippen LogP contribution >= 0.6 is 0 Å². The molecule has 0 aliphatic carbocycles. The number of hydrogen-bond acceptors (Lipinski definition) is 6. The predicted molar refractivity (Wildman–Crippen MR) is 109 cm³/mol. The molecule has 3 N–H and O–H groups in total. The van der Waals surface area contributed by atoms with Crippen molar-refractivity contribution >= 4 is 29.4 Å². The summed E-state index contributed by atoms with van der Waals surface area (Å²) in [5.41, 5.74) is 0.460. The van der Waals surface area contributed by atoms with Crippen LogP contribution in [0.25, 0.3) is 0 Å². The standard InChI is InChI=1S/C18H28N8O3/c1-6-8-19-18(29)13-11-14(23-25(13)4)20-17(28)12-10-15(26(5)22-12)21-16(27)7-9-24(2)3/h10-11H,6-9H2,1-5H3,(H,19,29)(H,21,27)(H,20,23,28). The number of nitrogens with one attached hydrogen (secondary N) is 3. The molecule has 11 nitrogen and oxygen atoms in total. The van der Waals surface area contributed by atoms with E-state index in [9.17, 15) is 14.4 Å². The maximum atomic E-state index is 12.5. The lowest BCUT2D eigenvalue weighted by atomic mass is 10.3. The lowest BCUT2D eigenvalue weighted by molar-refractivity contribution is -0.116. The van der Waals surface area contributed by atoms with Crippen molar-refractivity contribution in [3.8, 4) is 0 Å². The molecule has 158 valence electrons. The third kappa shape index (κ3) is 6.14. The van der Waals surface area contributed by atoms with Gasteiger partial charge in [0.05, 0.1) is 0 Å². The van der Waals surface area contributed by atoms with Crippen LogP contribution in [-0.2, 0) is 18.9 Å². The van der Waals surface area contributed by atoms with Crippen LogP contribution < -0.4 is 16.0 Å². The van der Waals surface area contributed by atoms with Crippen LogP contribution in [0.4, 0.5) is 11.6 Å². The summed E-state index contributed by atoms with van der Waals surface area (Å²) in [6.45, 7) is 3.13. The van der Waals surface area contributed by atoms with Crippen molar-refractivity contribution in [3.63, 3.8) is 0 Å². The summed E-state index contributed by atoms with van der Waals surface area (Å²) in [4.78, 5) is 38.5. The molecule has 0 bridgehead atoms. The Hall–Kier alpha value is -3.21. The Morgan fingerprint density at radius 3 is 2.41 bits per heavy atom. The highest BCUT2D eigenvalue weighted by Gasteiger charge is 2.18. The van der Waals surface area contributed by atoms with Gasteiger partial charge < -0.3 is 20.9 Å². The van der Waals surface area contributed by atoms with E-state index in [2.05, 4.69) is 26.1 Å². The SMILES string of the molecule is CCCNC(=O)c1cc(NC(=O)c2cc(NC(=O)CCN(C)C)n(C)n2)nn1C. The number of hydrogen-bond donors (Lipinski definition) is 3. The molecule has 11 heteroatoms. The van der Waals surface area contributed by atoms with Crippen molar-refractivity contribution in [2.24, 2.45) is 14.1 Å². The molecule has 2 rings (SSSR count). The van der Waals surface area contributed by atoms with Crippen LogP contribution in [0.15, 0.2) is 12.1 Å². The summed E-state index contributed by atoms with van der Waals surface area (Å²) >= 11 is 0. The first-order chi connectivity index (χ1) is 13.7. The molecule has 0 unspecified atom stereocenters. The second-order valence-electron chi connectivity index (χ2n) is 6.89. The van der Waals surface area contributed by atoms with Gasteiger partial charge in [-0.3, -0.25) is 23.7 Å². The zero-order valence-electron chi connectivity index (χ0n) is 17.4. The lowest BCUT2D eigenvalue weighted by Gasteiger charge is -2.09. The summed E-state index contributed by atoms with van der Waals surface area (Å²) in [6.07, 6.45) is 1.15. The van der Waals surface area contributed by atoms with E-state index in [4.69, 9.17) is 0 Å². The fourth-order valence-electron chi connectivity index (χ4n) is 2.48. The molecule has 2 aromatic rings. The van der Waals surface area contributed by atoms with E-state index in [0.717, 1.165) is 6.42 Å². The Bertz CT molecular complexity index is 884. The van der Waals surface area contributed by atoms with Crippen LogP contribution in [0, 0.1) is 0 Å². The maximum absolute atomic E-state index is 12.5. The van der Waals surface area contributed by atoms with Crippen molar-refractivity contribution < 1.29 is 14.4 Å². The third-order valence-corrected chi connectivity index (χ3v) is 4.06. The van der Waals surface area contributed by atoms with E-state index in [0.29, 0.717) is 31.0 Å². The van der Waals surface area contributed by atoms with Crippen molar-refractivity contribution in [1.29, 1.82) is 0 Å².